The van der Waals surface area contributed by atoms with Crippen LogP contribution >= 0.6 is 0 Å². The van der Waals surface area contributed by atoms with E-state index in [4.69, 9.17) is 10.5 Å². The minimum Gasteiger partial charge on any atom is -0.487 e. The summed E-state index contributed by atoms with van der Waals surface area (Å²) in [6.07, 6.45) is 1.72. The van der Waals surface area contributed by atoms with E-state index >= 15 is 0 Å². The molecule has 5 nitrogen and oxygen atoms in total. The van der Waals surface area contributed by atoms with E-state index in [0.29, 0.717) is 17.9 Å². The summed E-state index contributed by atoms with van der Waals surface area (Å²) < 4.78 is 31.3. The minimum absolute atomic E-state index is 0.303. The number of nitrogens with one attached hydrogen (secondary N) is 1. The Balaban J connectivity index is 2.45. The van der Waals surface area contributed by atoms with Gasteiger partial charge in [-0.1, -0.05) is 0 Å². The van der Waals surface area contributed by atoms with Crippen molar-refractivity contribution in [3.8, 4) is 5.75 Å². The lowest BCUT2D eigenvalue weighted by molar-refractivity contribution is 0.0703. The van der Waals surface area contributed by atoms with Gasteiger partial charge in [0, 0.05) is 17.7 Å². The molecule has 1 aromatic rings. The molecule has 1 aliphatic heterocycles. The predicted molar refractivity (Wildman–Crippen MR) is 70.9 cm³/mol. The van der Waals surface area contributed by atoms with Gasteiger partial charge in [0.15, 0.2) is 0 Å². The largest absolute Gasteiger partial charge is 0.487 e. The first-order valence-electron chi connectivity index (χ1n) is 5.72. The van der Waals surface area contributed by atoms with Gasteiger partial charge in [0.1, 0.15) is 11.4 Å². The van der Waals surface area contributed by atoms with Crippen LogP contribution in [0, 0.1) is 0 Å². The van der Waals surface area contributed by atoms with Crippen LogP contribution in [0.15, 0.2) is 18.2 Å². The molecular formula is C12H18N2O3S. The Hall–Kier alpha value is -1.27. The van der Waals surface area contributed by atoms with Crippen LogP contribution in [-0.4, -0.2) is 20.3 Å². The van der Waals surface area contributed by atoms with Gasteiger partial charge in [-0.3, -0.25) is 0 Å². The van der Waals surface area contributed by atoms with Crippen molar-refractivity contribution in [1.82, 2.24) is 4.72 Å². The topological polar surface area (TPSA) is 81.4 Å². The van der Waals surface area contributed by atoms with E-state index in [2.05, 4.69) is 4.72 Å². The molecule has 3 N–H and O–H groups in total. The average molecular weight is 270 g/mol. The summed E-state index contributed by atoms with van der Waals surface area (Å²) in [5.41, 5.74) is 6.72. The second-order valence-electron chi connectivity index (χ2n) is 5.31. The second-order valence-corrected chi connectivity index (χ2v) is 7.09. The van der Waals surface area contributed by atoms with Gasteiger partial charge in [0.05, 0.1) is 12.3 Å². The van der Waals surface area contributed by atoms with Crippen LogP contribution in [0.4, 0.5) is 5.69 Å². The Kier molecular flexibility index (Phi) is 3.03. The number of rotatable bonds is 2. The highest BCUT2D eigenvalue weighted by atomic mass is 32.2. The lowest BCUT2D eigenvalue weighted by Gasteiger charge is -2.37. The summed E-state index contributed by atoms with van der Waals surface area (Å²) >= 11 is 0. The molecule has 2 rings (SSSR count). The molecule has 0 saturated heterocycles. The summed E-state index contributed by atoms with van der Waals surface area (Å²) in [5.74, 6) is 0.682. The first-order chi connectivity index (χ1) is 8.16. The van der Waals surface area contributed by atoms with Gasteiger partial charge in [0.25, 0.3) is 0 Å². The average Bonchev–Trinajstić information content (AvgIpc) is 2.15. The Morgan fingerprint density at radius 1 is 1.44 bits per heavy atom. The van der Waals surface area contributed by atoms with E-state index in [9.17, 15) is 8.42 Å². The third kappa shape index (κ3) is 2.94. The number of hydrogen-bond donors (Lipinski definition) is 2. The number of ether oxygens (including phenoxy) is 1. The molecule has 0 spiro atoms. The summed E-state index contributed by atoms with van der Waals surface area (Å²) in [6.45, 7) is 3.87. The van der Waals surface area contributed by atoms with E-state index < -0.39 is 15.6 Å². The van der Waals surface area contributed by atoms with Gasteiger partial charge in [-0.2, -0.15) is 0 Å². The fraction of sp³-hybridized carbons (Fsp3) is 0.500. The smallest absolute Gasteiger partial charge is 0.209 e. The monoisotopic (exact) mass is 270 g/mol. The molecule has 18 heavy (non-hydrogen) atoms. The second kappa shape index (κ2) is 4.13. The van der Waals surface area contributed by atoms with Crippen molar-refractivity contribution in [3.63, 3.8) is 0 Å². The zero-order chi connectivity index (χ0) is 13.6. The van der Waals surface area contributed by atoms with Crippen LogP contribution < -0.4 is 15.2 Å². The Labute approximate surface area is 107 Å². The number of sulfonamides is 1. The Morgan fingerprint density at radius 2 is 2.11 bits per heavy atom. The lowest BCUT2D eigenvalue weighted by atomic mass is 9.90. The van der Waals surface area contributed by atoms with Crippen molar-refractivity contribution in [1.29, 1.82) is 0 Å². The summed E-state index contributed by atoms with van der Waals surface area (Å²) in [5, 5.41) is 0. The fourth-order valence-electron chi connectivity index (χ4n) is 2.24. The van der Waals surface area contributed by atoms with Crippen LogP contribution in [0.2, 0.25) is 0 Å². The molecule has 1 unspecified atom stereocenters. The molecule has 0 aliphatic carbocycles. The molecule has 0 aromatic heterocycles. The first-order valence-corrected chi connectivity index (χ1v) is 7.61. The van der Waals surface area contributed by atoms with Gasteiger partial charge in [-0.05, 0) is 32.0 Å². The number of fused-ring (bicyclic) bond motifs is 1. The number of anilines is 1. The number of benzene rings is 1. The molecule has 0 bridgehead atoms. The zero-order valence-electron chi connectivity index (χ0n) is 10.7. The minimum atomic E-state index is -3.28. The van der Waals surface area contributed by atoms with Crippen LogP contribution in [0.25, 0.3) is 0 Å². The maximum Gasteiger partial charge on any atom is 0.209 e. The predicted octanol–water partition coefficient (Wildman–Crippen LogP) is 1.42. The molecule has 1 aliphatic rings. The third-order valence-corrected chi connectivity index (χ3v) is 3.56. The van der Waals surface area contributed by atoms with Crippen molar-refractivity contribution < 1.29 is 13.2 Å². The van der Waals surface area contributed by atoms with Crippen LogP contribution in [0.5, 0.6) is 5.75 Å². The maximum atomic E-state index is 11.4. The molecule has 1 aromatic carbocycles. The van der Waals surface area contributed by atoms with E-state index in [1.54, 1.807) is 18.2 Å². The van der Waals surface area contributed by atoms with Gasteiger partial charge in [-0.15, -0.1) is 0 Å². The summed E-state index contributed by atoms with van der Waals surface area (Å²) in [4.78, 5) is 0. The number of hydrogen-bond acceptors (Lipinski definition) is 4. The van der Waals surface area contributed by atoms with Crippen LogP contribution in [0.1, 0.15) is 31.9 Å². The standard InChI is InChI=1S/C12H18N2O3S/c1-12(2)7-10(14-18(3,15)16)9-6-8(13)4-5-11(9)17-12/h4-6,10,14H,7,13H2,1-3H3. The number of nitrogens with two attached hydrogens (primary N) is 1. The van der Waals surface area contributed by atoms with Crippen LogP contribution in [-0.2, 0) is 10.0 Å². The zero-order valence-corrected chi connectivity index (χ0v) is 11.5. The van der Waals surface area contributed by atoms with Gasteiger partial charge in [0.2, 0.25) is 10.0 Å². The van der Waals surface area contributed by atoms with Crippen LogP contribution in [0.3, 0.4) is 0 Å². The van der Waals surface area contributed by atoms with E-state index in [0.717, 1.165) is 11.8 Å². The normalized spacial score (nSPS) is 22.1. The summed E-state index contributed by atoms with van der Waals surface area (Å²) in [6, 6.07) is 4.98. The van der Waals surface area contributed by atoms with E-state index in [1.807, 2.05) is 13.8 Å². The van der Waals surface area contributed by atoms with Crippen molar-refractivity contribution in [2.24, 2.45) is 0 Å². The number of nitrogen functional groups attached to an aromatic ring is 1. The highest BCUT2D eigenvalue weighted by molar-refractivity contribution is 7.88. The van der Waals surface area contributed by atoms with Gasteiger partial charge in [-0.25, -0.2) is 13.1 Å². The highest BCUT2D eigenvalue weighted by Crippen LogP contribution is 2.40. The van der Waals surface area contributed by atoms with Crippen molar-refractivity contribution in [2.75, 3.05) is 12.0 Å². The fourth-order valence-corrected chi connectivity index (χ4v) is 2.96. The molecule has 0 radical (unpaired) electrons. The summed E-state index contributed by atoms with van der Waals surface area (Å²) in [7, 11) is -3.28. The quantitative estimate of drug-likeness (QED) is 0.796. The molecule has 0 amide bonds. The molecule has 1 heterocycles. The molecule has 6 heteroatoms. The molecule has 100 valence electrons. The molecule has 1 atom stereocenters. The Bertz CT molecular complexity index is 567. The van der Waals surface area contributed by atoms with Gasteiger partial charge >= 0.3 is 0 Å². The first kappa shape index (κ1) is 13.2. The highest BCUT2D eigenvalue weighted by Gasteiger charge is 2.35. The third-order valence-electron chi connectivity index (χ3n) is 2.85. The van der Waals surface area contributed by atoms with Gasteiger partial charge < -0.3 is 10.5 Å². The lowest BCUT2D eigenvalue weighted by Crippen LogP contribution is -2.41. The van der Waals surface area contributed by atoms with Crippen molar-refractivity contribution in [2.45, 2.75) is 31.9 Å². The molecular weight excluding hydrogens is 252 g/mol. The maximum absolute atomic E-state index is 11.4. The van der Waals surface area contributed by atoms with Crippen molar-refractivity contribution in [3.05, 3.63) is 23.8 Å². The molecule has 0 saturated carbocycles. The van der Waals surface area contributed by atoms with E-state index in [-0.39, 0.29) is 6.04 Å². The Morgan fingerprint density at radius 3 is 2.72 bits per heavy atom. The SMILES string of the molecule is CC1(C)CC(NS(C)(=O)=O)c2cc(N)ccc2O1. The van der Waals surface area contributed by atoms with Crippen molar-refractivity contribution >= 4 is 15.7 Å². The van der Waals surface area contributed by atoms with E-state index in [1.165, 1.54) is 0 Å². The molecule has 0 fully saturated rings.